The van der Waals surface area contributed by atoms with E-state index >= 15 is 0 Å². The lowest BCUT2D eigenvalue weighted by atomic mass is 9.82. The average Bonchev–Trinajstić information content (AvgIpc) is 3.30. The van der Waals surface area contributed by atoms with E-state index < -0.39 is 17.4 Å². The molecule has 0 fully saturated rings. The molecule has 0 saturated heterocycles. The molecule has 0 spiro atoms. The summed E-state index contributed by atoms with van der Waals surface area (Å²) in [6, 6.07) is 22.3. The van der Waals surface area contributed by atoms with Gasteiger partial charge in [0.1, 0.15) is 0 Å². The van der Waals surface area contributed by atoms with Crippen molar-refractivity contribution in [3.63, 3.8) is 0 Å². The van der Waals surface area contributed by atoms with Crippen LogP contribution in [0.5, 0.6) is 0 Å². The zero-order valence-corrected chi connectivity index (χ0v) is 23.9. The van der Waals surface area contributed by atoms with Gasteiger partial charge in [-0.15, -0.1) is 0 Å². The maximum Gasteiger partial charge on any atom is 0.261 e. The molecule has 3 heterocycles. The van der Waals surface area contributed by atoms with Crippen LogP contribution in [0, 0.1) is 5.92 Å². The van der Waals surface area contributed by atoms with Crippen LogP contribution in [-0.4, -0.2) is 51.2 Å². The number of hydrogen-bond acceptors (Lipinski definition) is 6. The fraction of sp³-hybridized carbons (Fsp3) is 0.294. The number of hydrogen-bond donors (Lipinski definition) is 3. The summed E-state index contributed by atoms with van der Waals surface area (Å²) in [6.07, 6.45) is 4.81. The maximum atomic E-state index is 13.2. The maximum absolute atomic E-state index is 13.2. The van der Waals surface area contributed by atoms with E-state index in [1.165, 1.54) is 5.01 Å². The number of aliphatic hydroxyl groups is 2. The molecule has 3 amide bonds. The van der Waals surface area contributed by atoms with E-state index in [4.69, 9.17) is 0 Å². The van der Waals surface area contributed by atoms with Crippen molar-refractivity contribution in [2.45, 2.75) is 50.8 Å². The van der Waals surface area contributed by atoms with Gasteiger partial charge in [-0.05, 0) is 41.3 Å². The van der Waals surface area contributed by atoms with Gasteiger partial charge in [0.2, 0.25) is 11.8 Å². The SMILES string of the molecule is C[C@@H](/C=C/CC(=O)N1Cc2ccccc2C[C@H]1CO)[C@]1(O)C(=O)Nc2ccc(N3N=C(c4ccccc4)CCC3=O)cc21. The number of carbonyl (C=O) groups excluding carboxylic acids is 3. The Morgan fingerprint density at radius 1 is 1.07 bits per heavy atom. The highest BCUT2D eigenvalue weighted by molar-refractivity contribution is 6.10. The van der Waals surface area contributed by atoms with Gasteiger partial charge in [0.05, 0.1) is 24.0 Å². The molecular formula is C34H34N4O5. The molecule has 0 aromatic heterocycles. The third-order valence-corrected chi connectivity index (χ3v) is 8.66. The fourth-order valence-corrected chi connectivity index (χ4v) is 6.14. The highest BCUT2D eigenvalue weighted by atomic mass is 16.3. The minimum absolute atomic E-state index is 0.0624. The second-order valence-corrected chi connectivity index (χ2v) is 11.3. The lowest BCUT2D eigenvalue weighted by molar-refractivity contribution is -0.137. The first-order valence-electron chi connectivity index (χ1n) is 14.6. The van der Waals surface area contributed by atoms with Gasteiger partial charge in [0.15, 0.2) is 5.60 Å². The number of benzene rings is 3. The Morgan fingerprint density at radius 2 is 1.81 bits per heavy atom. The molecule has 0 unspecified atom stereocenters. The van der Waals surface area contributed by atoms with E-state index in [9.17, 15) is 24.6 Å². The molecule has 43 heavy (non-hydrogen) atoms. The van der Waals surface area contributed by atoms with E-state index in [1.54, 1.807) is 42.2 Å². The van der Waals surface area contributed by atoms with Crippen LogP contribution < -0.4 is 10.3 Å². The third-order valence-electron chi connectivity index (χ3n) is 8.66. The van der Waals surface area contributed by atoms with Gasteiger partial charge in [0.25, 0.3) is 5.91 Å². The normalized spacial score (nSPS) is 22.2. The summed E-state index contributed by atoms with van der Waals surface area (Å²) < 4.78 is 0. The van der Waals surface area contributed by atoms with Gasteiger partial charge in [-0.25, -0.2) is 5.01 Å². The van der Waals surface area contributed by atoms with Crippen molar-refractivity contribution in [1.29, 1.82) is 0 Å². The quantitative estimate of drug-likeness (QED) is 0.367. The third kappa shape index (κ3) is 5.26. The molecule has 220 valence electrons. The Bertz CT molecular complexity index is 1630. The molecule has 9 nitrogen and oxygen atoms in total. The predicted molar refractivity (Wildman–Crippen MR) is 163 cm³/mol. The Hall–Kier alpha value is -4.60. The Morgan fingerprint density at radius 3 is 2.58 bits per heavy atom. The lowest BCUT2D eigenvalue weighted by Gasteiger charge is -2.36. The molecule has 6 rings (SSSR count). The second-order valence-electron chi connectivity index (χ2n) is 11.3. The first kappa shape index (κ1) is 28.5. The number of aliphatic hydroxyl groups excluding tert-OH is 1. The second kappa shape index (κ2) is 11.6. The molecule has 3 aromatic rings. The zero-order valence-electron chi connectivity index (χ0n) is 23.9. The molecule has 0 saturated carbocycles. The number of nitrogens with one attached hydrogen (secondary N) is 1. The molecule has 0 bridgehead atoms. The molecule has 0 aliphatic carbocycles. The Kier molecular flexibility index (Phi) is 7.68. The van der Waals surface area contributed by atoms with Crippen molar-refractivity contribution >= 4 is 34.8 Å². The number of rotatable bonds is 7. The van der Waals surface area contributed by atoms with Crippen molar-refractivity contribution in [3.8, 4) is 0 Å². The molecule has 0 radical (unpaired) electrons. The van der Waals surface area contributed by atoms with Gasteiger partial charge in [-0.1, -0.05) is 73.7 Å². The van der Waals surface area contributed by atoms with Gasteiger partial charge in [-0.2, -0.15) is 5.10 Å². The molecular weight excluding hydrogens is 544 g/mol. The number of amides is 3. The Labute approximate surface area is 250 Å². The molecule has 3 N–H and O–H groups in total. The van der Waals surface area contributed by atoms with E-state index in [0.717, 1.165) is 22.4 Å². The molecule has 3 aliphatic heterocycles. The molecule has 9 heteroatoms. The number of nitrogens with zero attached hydrogens (tertiary/aromatic N) is 3. The van der Waals surface area contributed by atoms with E-state index in [-0.39, 0.29) is 30.9 Å². The van der Waals surface area contributed by atoms with Gasteiger partial charge < -0.3 is 20.4 Å². The average molecular weight is 579 g/mol. The zero-order chi connectivity index (χ0) is 30.1. The van der Waals surface area contributed by atoms with Gasteiger partial charge in [-0.3, -0.25) is 14.4 Å². The smallest absolute Gasteiger partial charge is 0.261 e. The fourth-order valence-electron chi connectivity index (χ4n) is 6.14. The summed E-state index contributed by atoms with van der Waals surface area (Å²) in [5.41, 5.74) is 3.27. The van der Waals surface area contributed by atoms with Crippen molar-refractivity contribution < 1.29 is 24.6 Å². The largest absolute Gasteiger partial charge is 0.394 e. The molecule has 3 aliphatic rings. The van der Waals surface area contributed by atoms with Crippen LogP contribution in [0.15, 0.2) is 90.0 Å². The van der Waals surface area contributed by atoms with Crippen LogP contribution >= 0.6 is 0 Å². The predicted octanol–water partition coefficient (Wildman–Crippen LogP) is 3.89. The summed E-state index contributed by atoms with van der Waals surface area (Å²) in [4.78, 5) is 40.9. The number of fused-ring (bicyclic) bond motifs is 2. The first-order chi connectivity index (χ1) is 20.8. The Balaban J connectivity index is 1.21. The molecule has 3 atom stereocenters. The van der Waals surface area contributed by atoms with Crippen LogP contribution in [-0.2, 0) is 33.0 Å². The minimum Gasteiger partial charge on any atom is -0.394 e. The standard InChI is InChI=1S/C34H34N4O5/c1-22(8-7-13-31(40)37-20-25-12-6-5-11-24(25)18-27(37)21-39)34(43)28-19-26(14-15-30(28)35-33(34)42)38-32(41)17-16-29(36-38)23-9-3-2-4-10-23/h2-12,14-15,19,22,27,39,43H,13,16-18,20-21H2,1H3,(H,35,42)/b8-7+/t22-,27-,34+/m0/s1. The highest BCUT2D eigenvalue weighted by Crippen LogP contribution is 2.43. The number of carbonyl (C=O) groups is 3. The topological polar surface area (TPSA) is 123 Å². The summed E-state index contributed by atoms with van der Waals surface area (Å²) >= 11 is 0. The highest BCUT2D eigenvalue weighted by Gasteiger charge is 2.49. The monoisotopic (exact) mass is 578 g/mol. The van der Waals surface area contributed by atoms with Crippen LogP contribution in [0.2, 0.25) is 0 Å². The van der Waals surface area contributed by atoms with Crippen molar-refractivity contribution in [2.24, 2.45) is 11.0 Å². The summed E-state index contributed by atoms with van der Waals surface area (Å²) in [6.45, 7) is 2.01. The minimum atomic E-state index is -1.91. The van der Waals surface area contributed by atoms with Crippen LogP contribution in [0.4, 0.5) is 11.4 Å². The van der Waals surface area contributed by atoms with Crippen LogP contribution in [0.3, 0.4) is 0 Å². The van der Waals surface area contributed by atoms with Crippen LogP contribution in [0.25, 0.3) is 0 Å². The summed E-state index contributed by atoms with van der Waals surface area (Å²) in [7, 11) is 0. The van der Waals surface area contributed by atoms with Crippen molar-refractivity contribution in [3.05, 3.63) is 107 Å². The van der Waals surface area contributed by atoms with Crippen molar-refractivity contribution in [1.82, 2.24) is 4.90 Å². The summed E-state index contributed by atoms with van der Waals surface area (Å²) in [5.74, 6) is -1.57. The van der Waals surface area contributed by atoms with Gasteiger partial charge >= 0.3 is 0 Å². The van der Waals surface area contributed by atoms with E-state index in [1.807, 2.05) is 54.6 Å². The van der Waals surface area contributed by atoms with E-state index in [0.29, 0.717) is 42.7 Å². The van der Waals surface area contributed by atoms with Gasteiger partial charge in [0, 0.05) is 43.0 Å². The number of anilines is 2. The number of hydrazone groups is 1. The van der Waals surface area contributed by atoms with Crippen molar-refractivity contribution in [2.75, 3.05) is 16.9 Å². The summed E-state index contributed by atoms with van der Waals surface area (Å²) in [5, 5.41) is 30.4. The van der Waals surface area contributed by atoms with E-state index in [2.05, 4.69) is 10.4 Å². The van der Waals surface area contributed by atoms with Crippen LogP contribution in [0.1, 0.15) is 48.4 Å². The lowest BCUT2D eigenvalue weighted by Crippen LogP contribution is -2.46. The first-order valence-corrected chi connectivity index (χ1v) is 14.6. The molecule has 3 aromatic carbocycles.